The Bertz CT molecular complexity index is 621. The molecule has 2 rings (SSSR count). The van der Waals surface area contributed by atoms with Gasteiger partial charge in [0.15, 0.2) is 0 Å². The first-order chi connectivity index (χ1) is 7.96. The van der Waals surface area contributed by atoms with Crippen LogP contribution in [0, 0.1) is 5.82 Å². The molecule has 0 aliphatic carbocycles. The van der Waals surface area contributed by atoms with Crippen LogP contribution in [0.3, 0.4) is 0 Å². The van der Waals surface area contributed by atoms with Crippen LogP contribution in [-0.2, 0) is 14.8 Å². The Morgan fingerprint density at radius 3 is 2.65 bits per heavy atom. The quantitative estimate of drug-likeness (QED) is 0.809. The van der Waals surface area contributed by atoms with Crippen molar-refractivity contribution in [3.8, 4) is 10.4 Å². The molecule has 0 radical (unpaired) electrons. The Balaban J connectivity index is 2.44. The molecule has 0 amide bonds. The third-order valence-corrected chi connectivity index (χ3v) is 4.07. The zero-order valence-electron chi connectivity index (χ0n) is 8.56. The first-order valence-electron chi connectivity index (χ1n) is 4.70. The largest absolute Gasteiger partial charge is 0.236 e. The van der Waals surface area contributed by atoms with Crippen molar-refractivity contribution in [1.29, 1.82) is 0 Å². The molecular formula is C11H8ClFO2S2. The lowest BCUT2D eigenvalue weighted by Gasteiger charge is -2.03. The standard InChI is InChI=1S/C11H8ClFO2S2/c12-17(14,15)7-8-3-4-10(13)9(6-8)11-2-1-5-16-11/h1-6H,7H2. The minimum atomic E-state index is -3.62. The summed E-state index contributed by atoms with van der Waals surface area (Å²) in [5, 5.41) is 1.83. The van der Waals surface area contributed by atoms with E-state index in [0.717, 1.165) is 4.88 Å². The summed E-state index contributed by atoms with van der Waals surface area (Å²) < 4.78 is 35.5. The molecule has 0 bridgehead atoms. The highest BCUT2D eigenvalue weighted by molar-refractivity contribution is 8.13. The van der Waals surface area contributed by atoms with Crippen molar-refractivity contribution in [3.63, 3.8) is 0 Å². The van der Waals surface area contributed by atoms with Crippen molar-refractivity contribution in [3.05, 3.63) is 47.1 Å². The highest BCUT2D eigenvalue weighted by Crippen LogP contribution is 2.28. The van der Waals surface area contributed by atoms with Crippen molar-refractivity contribution in [2.75, 3.05) is 0 Å². The number of halogens is 2. The maximum absolute atomic E-state index is 13.6. The molecule has 17 heavy (non-hydrogen) atoms. The summed E-state index contributed by atoms with van der Waals surface area (Å²) in [6.45, 7) is 0. The van der Waals surface area contributed by atoms with Crippen molar-refractivity contribution >= 4 is 31.1 Å². The maximum atomic E-state index is 13.6. The smallest absolute Gasteiger partial charge is 0.212 e. The number of thiophene rings is 1. The van der Waals surface area contributed by atoms with E-state index in [-0.39, 0.29) is 11.6 Å². The van der Waals surface area contributed by atoms with Crippen LogP contribution in [-0.4, -0.2) is 8.42 Å². The van der Waals surface area contributed by atoms with E-state index in [2.05, 4.69) is 0 Å². The fraction of sp³-hybridized carbons (Fsp3) is 0.0909. The topological polar surface area (TPSA) is 34.1 Å². The molecule has 0 spiro atoms. The zero-order chi connectivity index (χ0) is 12.5. The molecule has 2 aromatic rings. The lowest BCUT2D eigenvalue weighted by Crippen LogP contribution is -1.96. The van der Waals surface area contributed by atoms with Gasteiger partial charge in [-0.1, -0.05) is 12.1 Å². The normalized spacial score (nSPS) is 11.6. The molecule has 0 atom stereocenters. The van der Waals surface area contributed by atoms with Gasteiger partial charge in [0.05, 0.1) is 5.75 Å². The highest BCUT2D eigenvalue weighted by atomic mass is 35.7. The van der Waals surface area contributed by atoms with Crippen LogP contribution < -0.4 is 0 Å². The van der Waals surface area contributed by atoms with E-state index >= 15 is 0 Å². The fourth-order valence-corrected chi connectivity index (χ4v) is 3.18. The van der Waals surface area contributed by atoms with Crippen LogP contribution in [0.25, 0.3) is 10.4 Å². The lowest BCUT2D eigenvalue weighted by atomic mass is 10.1. The van der Waals surface area contributed by atoms with E-state index in [9.17, 15) is 12.8 Å². The second kappa shape index (κ2) is 4.76. The molecule has 0 aliphatic heterocycles. The maximum Gasteiger partial charge on any atom is 0.236 e. The molecule has 2 nitrogen and oxygen atoms in total. The van der Waals surface area contributed by atoms with Gasteiger partial charge in [0.1, 0.15) is 5.82 Å². The molecule has 0 saturated heterocycles. The predicted octanol–water partition coefficient (Wildman–Crippen LogP) is 3.62. The van der Waals surface area contributed by atoms with Gasteiger partial charge in [0.25, 0.3) is 0 Å². The molecular weight excluding hydrogens is 283 g/mol. The minimum Gasteiger partial charge on any atom is -0.212 e. The van der Waals surface area contributed by atoms with E-state index in [1.54, 1.807) is 6.07 Å². The van der Waals surface area contributed by atoms with Gasteiger partial charge < -0.3 is 0 Å². The van der Waals surface area contributed by atoms with Gasteiger partial charge in [-0.2, -0.15) is 0 Å². The average molecular weight is 291 g/mol. The molecule has 0 unspecified atom stereocenters. The Kier molecular flexibility index (Phi) is 3.51. The summed E-state index contributed by atoms with van der Waals surface area (Å²) in [4.78, 5) is 0.760. The molecule has 1 aromatic heterocycles. The molecule has 0 saturated carbocycles. The minimum absolute atomic E-state index is 0.298. The first-order valence-corrected chi connectivity index (χ1v) is 8.06. The number of rotatable bonds is 3. The van der Waals surface area contributed by atoms with Gasteiger partial charge in [0, 0.05) is 21.1 Å². The molecule has 1 aromatic carbocycles. The van der Waals surface area contributed by atoms with Crippen LogP contribution in [0.1, 0.15) is 5.56 Å². The van der Waals surface area contributed by atoms with Gasteiger partial charge in [-0.3, -0.25) is 0 Å². The molecule has 0 N–H and O–H groups in total. The SMILES string of the molecule is O=S(=O)(Cl)Cc1ccc(F)c(-c2cccs2)c1. The Hall–Kier alpha value is -0.910. The summed E-state index contributed by atoms with van der Waals surface area (Å²) in [6, 6.07) is 7.78. The lowest BCUT2D eigenvalue weighted by molar-refractivity contribution is 0.608. The zero-order valence-corrected chi connectivity index (χ0v) is 10.9. The summed E-state index contributed by atoms with van der Waals surface area (Å²) in [6.07, 6.45) is 0. The van der Waals surface area contributed by atoms with Crippen LogP contribution in [0.4, 0.5) is 4.39 Å². The van der Waals surface area contributed by atoms with Gasteiger partial charge in [-0.05, 0) is 29.1 Å². The van der Waals surface area contributed by atoms with Gasteiger partial charge in [-0.15, -0.1) is 11.3 Å². The number of benzene rings is 1. The molecule has 0 aliphatic rings. The fourth-order valence-electron chi connectivity index (χ4n) is 1.48. The van der Waals surface area contributed by atoms with Gasteiger partial charge in [-0.25, -0.2) is 12.8 Å². The van der Waals surface area contributed by atoms with E-state index in [1.807, 2.05) is 11.4 Å². The predicted molar refractivity (Wildman–Crippen MR) is 68.2 cm³/mol. The number of hydrogen-bond acceptors (Lipinski definition) is 3. The summed E-state index contributed by atoms with van der Waals surface area (Å²) in [5.74, 6) is -0.670. The molecule has 90 valence electrons. The molecule has 1 heterocycles. The van der Waals surface area contributed by atoms with Crippen LogP contribution in [0.2, 0.25) is 0 Å². The van der Waals surface area contributed by atoms with E-state index in [0.29, 0.717) is 11.1 Å². The first kappa shape index (κ1) is 12.5. The summed E-state index contributed by atoms with van der Waals surface area (Å²) in [5.41, 5.74) is 0.877. The van der Waals surface area contributed by atoms with Crippen LogP contribution in [0.15, 0.2) is 35.7 Å². The van der Waals surface area contributed by atoms with E-state index in [4.69, 9.17) is 10.7 Å². The van der Waals surface area contributed by atoms with Gasteiger partial charge in [0.2, 0.25) is 9.05 Å². The van der Waals surface area contributed by atoms with E-state index in [1.165, 1.54) is 29.5 Å². The van der Waals surface area contributed by atoms with Crippen molar-refractivity contribution in [2.45, 2.75) is 5.75 Å². The number of hydrogen-bond donors (Lipinski definition) is 0. The van der Waals surface area contributed by atoms with Crippen LogP contribution in [0.5, 0.6) is 0 Å². The van der Waals surface area contributed by atoms with Gasteiger partial charge >= 0.3 is 0 Å². The van der Waals surface area contributed by atoms with E-state index < -0.39 is 9.05 Å². The Morgan fingerprint density at radius 1 is 1.29 bits per heavy atom. The second-order valence-corrected chi connectivity index (χ2v) is 7.20. The summed E-state index contributed by atoms with van der Waals surface area (Å²) in [7, 11) is 1.54. The average Bonchev–Trinajstić information content (AvgIpc) is 2.72. The van der Waals surface area contributed by atoms with Crippen LogP contribution >= 0.6 is 22.0 Å². The Labute approximate surface area is 107 Å². The van der Waals surface area contributed by atoms with Crippen molar-refractivity contribution in [2.24, 2.45) is 0 Å². The second-order valence-electron chi connectivity index (χ2n) is 3.47. The Morgan fingerprint density at radius 2 is 2.06 bits per heavy atom. The molecule has 0 fully saturated rings. The highest BCUT2D eigenvalue weighted by Gasteiger charge is 2.11. The third kappa shape index (κ3) is 3.28. The van der Waals surface area contributed by atoms with Crippen molar-refractivity contribution in [1.82, 2.24) is 0 Å². The summed E-state index contributed by atoms with van der Waals surface area (Å²) >= 11 is 1.39. The molecule has 6 heteroatoms. The third-order valence-electron chi connectivity index (χ3n) is 2.16. The van der Waals surface area contributed by atoms with Crippen molar-refractivity contribution < 1.29 is 12.8 Å². The monoisotopic (exact) mass is 290 g/mol.